The fourth-order valence-corrected chi connectivity index (χ4v) is 1.95. The number of amides is 1. The minimum absolute atomic E-state index is 0.0830. The van der Waals surface area contributed by atoms with Crippen molar-refractivity contribution in [2.24, 2.45) is 0 Å². The summed E-state index contributed by atoms with van der Waals surface area (Å²) in [6, 6.07) is 7.44. The van der Waals surface area contributed by atoms with Gasteiger partial charge in [0, 0.05) is 31.4 Å². The van der Waals surface area contributed by atoms with E-state index < -0.39 is 6.10 Å². The Morgan fingerprint density at radius 1 is 1.20 bits per heavy atom. The zero-order valence-electron chi connectivity index (χ0n) is 12.5. The Balaban J connectivity index is 2.39. The number of rotatable bonds is 8. The van der Waals surface area contributed by atoms with Crippen LogP contribution in [0.25, 0.3) is 0 Å². The molecule has 112 valence electrons. The second-order valence-electron chi connectivity index (χ2n) is 4.78. The lowest BCUT2D eigenvalue weighted by Crippen LogP contribution is -2.35. The van der Waals surface area contributed by atoms with Crippen molar-refractivity contribution in [1.82, 2.24) is 4.90 Å². The molecule has 0 bridgehead atoms. The van der Waals surface area contributed by atoms with Crippen LogP contribution >= 0.6 is 0 Å². The third-order valence-electron chi connectivity index (χ3n) is 3.11. The summed E-state index contributed by atoms with van der Waals surface area (Å²) in [4.78, 5) is 13.1. The van der Waals surface area contributed by atoms with Crippen LogP contribution in [-0.4, -0.2) is 48.2 Å². The van der Waals surface area contributed by atoms with Gasteiger partial charge in [-0.05, 0) is 37.4 Å². The fraction of sp³-hybridized carbons (Fsp3) is 0.533. The number of aliphatic hydroxyl groups is 1. The van der Waals surface area contributed by atoms with E-state index in [1.54, 1.807) is 0 Å². The summed E-state index contributed by atoms with van der Waals surface area (Å²) in [5.74, 6) is -0.0830. The summed E-state index contributed by atoms with van der Waals surface area (Å²) < 4.78 is 0. The molecule has 0 spiro atoms. The number of anilines is 2. The van der Waals surface area contributed by atoms with E-state index in [4.69, 9.17) is 0 Å². The SMILES string of the molecule is CCN(CC)CC(O)CNc1ccc(NC(C)=O)cc1. The van der Waals surface area contributed by atoms with Gasteiger partial charge in [-0.3, -0.25) is 4.79 Å². The van der Waals surface area contributed by atoms with Crippen molar-refractivity contribution in [2.45, 2.75) is 26.9 Å². The van der Waals surface area contributed by atoms with Gasteiger partial charge < -0.3 is 20.6 Å². The van der Waals surface area contributed by atoms with Gasteiger partial charge in [0.2, 0.25) is 5.91 Å². The molecule has 0 saturated heterocycles. The summed E-state index contributed by atoms with van der Waals surface area (Å²) in [5, 5.41) is 15.9. The Morgan fingerprint density at radius 2 is 1.75 bits per heavy atom. The smallest absolute Gasteiger partial charge is 0.221 e. The Hall–Kier alpha value is -1.59. The van der Waals surface area contributed by atoms with Crippen LogP contribution in [-0.2, 0) is 4.79 Å². The molecule has 0 radical (unpaired) electrons. The van der Waals surface area contributed by atoms with Crippen molar-refractivity contribution in [2.75, 3.05) is 36.8 Å². The number of carbonyl (C=O) groups is 1. The number of benzene rings is 1. The van der Waals surface area contributed by atoms with Crippen LogP contribution in [0, 0.1) is 0 Å². The van der Waals surface area contributed by atoms with Crippen molar-refractivity contribution in [3.8, 4) is 0 Å². The summed E-state index contributed by atoms with van der Waals surface area (Å²) in [6.07, 6.45) is -0.398. The largest absolute Gasteiger partial charge is 0.390 e. The maximum atomic E-state index is 10.9. The number of hydrogen-bond donors (Lipinski definition) is 3. The first-order valence-corrected chi connectivity index (χ1v) is 7.07. The lowest BCUT2D eigenvalue weighted by Gasteiger charge is -2.22. The average Bonchev–Trinajstić information content (AvgIpc) is 2.43. The molecule has 1 amide bonds. The van der Waals surface area contributed by atoms with Crippen LogP contribution in [0.1, 0.15) is 20.8 Å². The minimum atomic E-state index is -0.398. The molecule has 1 unspecified atom stereocenters. The fourth-order valence-electron chi connectivity index (χ4n) is 1.95. The van der Waals surface area contributed by atoms with E-state index in [1.807, 2.05) is 24.3 Å². The number of nitrogens with one attached hydrogen (secondary N) is 2. The molecule has 0 aliphatic rings. The van der Waals surface area contributed by atoms with Gasteiger partial charge in [-0.2, -0.15) is 0 Å². The molecule has 0 aromatic heterocycles. The van der Waals surface area contributed by atoms with Crippen molar-refractivity contribution < 1.29 is 9.90 Å². The van der Waals surface area contributed by atoms with Crippen LogP contribution in [0.3, 0.4) is 0 Å². The molecule has 1 aromatic rings. The van der Waals surface area contributed by atoms with E-state index in [2.05, 4.69) is 29.4 Å². The van der Waals surface area contributed by atoms with Crippen LogP contribution < -0.4 is 10.6 Å². The lowest BCUT2D eigenvalue weighted by molar-refractivity contribution is -0.114. The number of likely N-dealkylation sites (N-methyl/N-ethyl adjacent to an activating group) is 1. The molecule has 1 atom stereocenters. The topological polar surface area (TPSA) is 64.6 Å². The average molecular weight is 279 g/mol. The van der Waals surface area contributed by atoms with E-state index >= 15 is 0 Å². The van der Waals surface area contributed by atoms with Crippen LogP contribution in [0.15, 0.2) is 24.3 Å². The predicted molar refractivity (Wildman–Crippen MR) is 83.0 cm³/mol. The van der Waals surface area contributed by atoms with Gasteiger partial charge in [0.1, 0.15) is 0 Å². The van der Waals surface area contributed by atoms with Crippen molar-refractivity contribution >= 4 is 17.3 Å². The minimum Gasteiger partial charge on any atom is -0.390 e. The first-order chi connectivity index (χ1) is 9.55. The summed E-state index contributed by atoms with van der Waals surface area (Å²) in [5.41, 5.74) is 1.70. The normalized spacial score (nSPS) is 12.2. The Kier molecular flexibility index (Phi) is 7.04. The molecule has 5 heteroatoms. The molecule has 1 rings (SSSR count). The number of carbonyl (C=O) groups excluding carboxylic acids is 1. The van der Waals surface area contributed by atoms with Crippen molar-refractivity contribution in [3.63, 3.8) is 0 Å². The van der Waals surface area contributed by atoms with E-state index in [0.717, 1.165) is 24.5 Å². The van der Waals surface area contributed by atoms with E-state index in [0.29, 0.717) is 13.1 Å². The molecule has 20 heavy (non-hydrogen) atoms. The molecule has 3 N–H and O–H groups in total. The van der Waals surface area contributed by atoms with Gasteiger partial charge in [-0.25, -0.2) is 0 Å². The summed E-state index contributed by atoms with van der Waals surface area (Å²) >= 11 is 0. The number of nitrogens with zero attached hydrogens (tertiary/aromatic N) is 1. The first kappa shape index (κ1) is 16.5. The highest BCUT2D eigenvalue weighted by Gasteiger charge is 2.08. The number of hydrogen-bond acceptors (Lipinski definition) is 4. The molecular weight excluding hydrogens is 254 g/mol. The standard InChI is InChI=1S/C15H25N3O2/c1-4-18(5-2)11-15(20)10-16-13-6-8-14(9-7-13)17-12(3)19/h6-9,15-16,20H,4-5,10-11H2,1-3H3,(H,17,19). The van der Waals surface area contributed by atoms with E-state index in [9.17, 15) is 9.90 Å². The Bertz CT molecular complexity index is 402. The highest BCUT2D eigenvalue weighted by molar-refractivity contribution is 5.88. The predicted octanol–water partition coefficient (Wildman–Crippen LogP) is 1.76. The zero-order chi connectivity index (χ0) is 15.0. The maximum Gasteiger partial charge on any atom is 0.221 e. The van der Waals surface area contributed by atoms with Crippen molar-refractivity contribution in [3.05, 3.63) is 24.3 Å². The van der Waals surface area contributed by atoms with Crippen LogP contribution in [0.2, 0.25) is 0 Å². The molecule has 0 saturated carbocycles. The molecule has 0 aliphatic heterocycles. The van der Waals surface area contributed by atoms with Gasteiger partial charge in [-0.15, -0.1) is 0 Å². The molecule has 0 heterocycles. The highest BCUT2D eigenvalue weighted by Crippen LogP contribution is 2.13. The highest BCUT2D eigenvalue weighted by atomic mass is 16.3. The number of aliphatic hydroxyl groups excluding tert-OH is 1. The zero-order valence-corrected chi connectivity index (χ0v) is 12.5. The van der Waals surface area contributed by atoms with Gasteiger partial charge in [0.05, 0.1) is 6.10 Å². The quantitative estimate of drug-likeness (QED) is 0.678. The van der Waals surface area contributed by atoms with Crippen LogP contribution in [0.4, 0.5) is 11.4 Å². The second-order valence-corrected chi connectivity index (χ2v) is 4.78. The van der Waals surface area contributed by atoms with Crippen molar-refractivity contribution in [1.29, 1.82) is 0 Å². The van der Waals surface area contributed by atoms with E-state index in [-0.39, 0.29) is 5.91 Å². The first-order valence-electron chi connectivity index (χ1n) is 7.07. The molecular formula is C15H25N3O2. The molecule has 5 nitrogen and oxygen atoms in total. The van der Waals surface area contributed by atoms with Gasteiger partial charge >= 0.3 is 0 Å². The van der Waals surface area contributed by atoms with Gasteiger partial charge in [-0.1, -0.05) is 13.8 Å². The lowest BCUT2D eigenvalue weighted by atomic mass is 10.2. The Morgan fingerprint density at radius 3 is 2.25 bits per heavy atom. The summed E-state index contributed by atoms with van der Waals surface area (Å²) in [7, 11) is 0. The van der Waals surface area contributed by atoms with Gasteiger partial charge in [0.15, 0.2) is 0 Å². The molecule has 0 fully saturated rings. The van der Waals surface area contributed by atoms with Gasteiger partial charge in [0.25, 0.3) is 0 Å². The third kappa shape index (κ3) is 6.04. The second kappa shape index (κ2) is 8.55. The molecule has 0 aliphatic carbocycles. The third-order valence-corrected chi connectivity index (χ3v) is 3.11. The maximum absolute atomic E-state index is 10.9. The van der Waals surface area contributed by atoms with E-state index in [1.165, 1.54) is 6.92 Å². The Labute approximate surface area is 121 Å². The van der Waals surface area contributed by atoms with Crippen LogP contribution in [0.5, 0.6) is 0 Å². The summed E-state index contributed by atoms with van der Waals surface area (Å²) in [6.45, 7) is 8.72. The monoisotopic (exact) mass is 279 g/mol. The molecule has 1 aromatic carbocycles.